The molecule has 1 aromatic heterocycles. The number of imide groups is 1. The third-order valence-corrected chi connectivity index (χ3v) is 1.71. The van der Waals surface area contributed by atoms with E-state index in [2.05, 4.69) is 4.74 Å². The number of cyclic esters (lactones) is 1. The van der Waals surface area contributed by atoms with Crippen LogP contribution in [0.2, 0.25) is 0 Å². The van der Waals surface area contributed by atoms with E-state index in [1.165, 1.54) is 0 Å². The van der Waals surface area contributed by atoms with E-state index in [-0.39, 0.29) is 0 Å². The summed E-state index contributed by atoms with van der Waals surface area (Å²) < 4.78 is 9.83. The molecule has 1 unspecified atom stereocenters. The van der Waals surface area contributed by atoms with E-state index >= 15 is 0 Å². The second-order valence-electron chi connectivity index (χ2n) is 2.72. The number of furan rings is 1. The molecule has 1 atom stereocenters. The van der Waals surface area contributed by atoms with Crippen LogP contribution in [0.4, 0.5) is 4.79 Å². The summed E-state index contributed by atoms with van der Waals surface area (Å²) >= 11 is 0. The zero-order chi connectivity index (χ0) is 9.42. The van der Waals surface area contributed by atoms with Gasteiger partial charge in [0, 0.05) is 0 Å². The second-order valence-corrected chi connectivity index (χ2v) is 2.72. The van der Waals surface area contributed by atoms with Crippen LogP contribution in [0.1, 0.15) is 17.6 Å². The molecule has 0 radical (unpaired) electrons. The van der Waals surface area contributed by atoms with Gasteiger partial charge in [0.1, 0.15) is 5.76 Å². The van der Waals surface area contributed by atoms with Gasteiger partial charge in [0.05, 0.1) is 0 Å². The van der Waals surface area contributed by atoms with Gasteiger partial charge in [-0.2, -0.15) is 0 Å². The van der Waals surface area contributed by atoms with E-state index < -0.39 is 18.1 Å². The normalized spacial score (nSPS) is 21.5. The van der Waals surface area contributed by atoms with Crippen molar-refractivity contribution in [1.82, 2.24) is 5.32 Å². The Morgan fingerprint density at radius 3 is 2.62 bits per heavy atom. The molecule has 1 aliphatic rings. The number of nitrogens with one attached hydrogen (secondary N) is 1. The lowest BCUT2D eigenvalue weighted by atomic mass is 10.3. The highest BCUT2D eigenvalue weighted by molar-refractivity contribution is 6.00. The van der Waals surface area contributed by atoms with E-state index in [1.54, 1.807) is 19.1 Å². The van der Waals surface area contributed by atoms with E-state index in [0.717, 1.165) is 0 Å². The summed E-state index contributed by atoms with van der Waals surface area (Å²) in [6, 6.07) is 3.31. The fraction of sp³-hybridized carbons (Fsp3) is 0.250. The van der Waals surface area contributed by atoms with Crippen LogP contribution in [0.15, 0.2) is 16.5 Å². The van der Waals surface area contributed by atoms with Crippen LogP contribution >= 0.6 is 0 Å². The predicted molar refractivity (Wildman–Crippen MR) is 40.8 cm³/mol. The third-order valence-electron chi connectivity index (χ3n) is 1.71. The van der Waals surface area contributed by atoms with Gasteiger partial charge < -0.3 is 9.15 Å². The molecule has 0 saturated carbocycles. The predicted octanol–water partition coefficient (Wildman–Crippen LogP) is 0.896. The number of ether oxygens (including phenoxy) is 1. The van der Waals surface area contributed by atoms with Crippen LogP contribution in [-0.4, -0.2) is 12.0 Å². The lowest BCUT2D eigenvalue weighted by Gasteiger charge is -2.00. The summed E-state index contributed by atoms with van der Waals surface area (Å²) in [6.07, 6.45) is -1.66. The Bertz CT molecular complexity index is 368. The Kier molecular flexibility index (Phi) is 1.58. The van der Waals surface area contributed by atoms with Crippen LogP contribution < -0.4 is 5.32 Å². The Morgan fingerprint density at radius 2 is 2.15 bits per heavy atom. The number of hydrogen-bond acceptors (Lipinski definition) is 4. The lowest BCUT2D eigenvalue weighted by molar-refractivity contribution is -0.124. The first-order valence-electron chi connectivity index (χ1n) is 3.74. The Labute approximate surface area is 73.7 Å². The molecule has 1 aromatic rings. The topological polar surface area (TPSA) is 68.5 Å². The van der Waals surface area contributed by atoms with Gasteiger partial charge in [-0.3, -0.25) is 10.1 Å². The zero-order valence-corrected chi connectivity index (χ0v) is 6.87. The van der Waals surface area contributed by atoms with Gasteiger partial charge in [0.15, 0.2) is 5.76 Å². The molecule has 5 nitrogen and oxygen atoms in total. The highest BCUT2D eigenvalue weighted by Gasteiger charge is 2.35. The summed E-state index contributed by atoms with van der Waals surface area (Å²) in [5, 5.41) is 2.01. The zero-order valence-electron chi connectivity index (χ0n) is 6.87. The molecule has 13 heavy (non-hydrogen) atoms. The van der Waals surface area contributed by atoms with Gasteiger partial charge in [-0.1, -0.05) is 0 Å². The molecular formula is C8H7NO4. The first kappa shape index (κ1) is 7.85. The van der Waals surface area contributed by atoms with E-state index in [1.807, 2.05) is 5.32 Å². The standard InChI is InChI=1S/C8H7NO4/c1-4-2-3-5(12-4)6-7(10)9-8(11)13-6/h2-3,6H,1H3,(H,9,10,11). The number of alkyl carbamates (subject to hydrolysis) is 1. The monoisotopic (exact) mass is 181 g/mol. The van der Waals surface area contributed by atoms with E-state index in [9.17, 15) is 9.59 Å². The van der Waals surface area contributed by atoms with E-state index in [0.29, 0.717) is 11.5 Å². The van der Waals surface area contributed by atoms with Crippen molar-refractivity contribution in [2.45, 2.75) is 13.0 Å². The Hall–Kier alpha value is -1.78. The molecule has 2 heterocycles. The minimum Gasteiger partial charge on any atom is -0.462 e. The van der Waals surface area contributed by atoms with Crippen LogP contribution in [-0.2, 0) is 9.53 Å². The molecule has 2 rings (SSSR count). The van der Waals surface area contributed by atoms with Crippen LogP contribution in [0.3, 0.4) is 0 Å². The fourth-order valence-electron chi connectivity index (χ4n) is 1.14. The molecule has 1 saturated heterocycles. The first-order chi connectivity index (χ1) is 6.16. The molecule has 0 aromatic carbocycles. The maximum Gasteiger partial charge on any atom is 0.415 e. The molecule has 1 fully saturated rings. The summed E-state index contributed by atoms with van der Waals surface area (Å²) in [5.41, 5.74) is 0. The van der Waals surface area contributed by atoms with Crippen molar-refractivity contribution in [1.29, 1.82) is 0 Å². The minimum absolute atomic E-state index is 0.348. The van der Waals surface area contributed by atoms with Crippen molar-refractivity contribution in [2.24, 2.45) is 0 Å². The minimum atomic E-state index is -0.929. The molecular weight excluding hydrogens is 174 g/mol. The van der Waals surface area contributed by atoms with Crippen molar-refractivity contribution in [2.75, 3.05) is 0 Å². The molecule has 0 bridgehead atoms. The average Bonchev–Trinajstić information content (AvgIpc) is 2.58. The average molecular weight is 181 g/mol. The molecule has 1 N–H and O–H groups in total. The maximum absolute atomic E-state index is 11.1. The quantitative estimate of drug-likeness (QED) is 0.698. The number of aryl methyl sites for hydroxylation is 1. The summed E-state index contributed by atoms with van der Waals surface area (Å²) in [6.45, 7) is 1.75. The summed E-state index contributed by atoms with van der Waals surface area (Å²) in [7, 11) is 0. The first-order valence-corrected chi connectivity index (χ1v) is 3.74. The molecule has 2 amide bonds. The number of carbonyl (C=O) groups is 2. The van der Waals surface area contributed by atoms with Crippen molar-refractivity contribution < 1.29 is 18.7 Å². The third kappa shape index (κ3) is 1.28. The van der Waals surface area contributed by atoms with Crippen LogP contribution in [0.5, 0.6) is 0 Å². The summed E-state index contributed by atoms with van der Waals surface area (Å²) in [5.74, 6) is 0.533. The number of amides is 2. The number of rotatable bonds is 1. The van der Waals surface area contributed by atoms with E-state index in [4.69, 9.17) is 4.42 Å². The molecule has 0 aliphatic carbocycles. The van der Waals surface area contributed by atoms with Gasteiger partial charge in [-0.25, -0.2) is 4.79 Å². The SMILES string of the molecule is Cc1ccc(C2OC(=O)NC2=O)o1. The van der Waals surface area contributed by atoms with Gasteiger partial charge in [0.25, 0.3) is 5.91 Å². The fourth-order valence-corrected chi connectivity index (χ4v) is 1.14. The number of carbonyl (C=O) groups excluding carboxylic acids is 2. The largest absolute Gasteiger partial charge is 0.462 e. The van der Waals surface area contributed by atoms with Crippen molar-refractivity contribution in [3.05, 3.63) is 23.7 Å². The smallest absolute Gasteiger partial charge is 0.415 e. The van der Waals surface area contributed by atoms with Crippen LogP contribution in [0, 0.1) is 6.92 Å². The number of hydrogen-bond donors (Lipinski definition) is 1. The van der Waals surface area contributed by atoms with Crippen molar-refractivity contribution in [3.8, 4) is 0 Å². The van der Waals surface area contributed by atoms with Crippen molar-refractivity contribution >= 4 is 12.0 Å². The van der Waals surface area contributed by atoms with Gasteiger partial charge in [0.2, 0.25) is 6.10 Å². The second kappa shape index (κ2) is 2.62. The molecule has 0 spiro atoms. The van der Waals surface area contributed by atoms with Gasteiger partial charge in [-0.15, -0.1) is 0 Å². The molecule has 1 aliphatic heterocycles. The van der Waals surface area contributed by atoms with Crippen LogP contribution in [0.25, 0.3) is 0 Å². The highest BCUT2D eigenvalue weighted by atomic mass is 16.6. The van der Waals surface area contributed by atoms with Crippen molar-refractivity contribution in [3.63, 3.8) is 0 Å². The summed E-state index contributed by atoms with van der Waals surface area (Å²) in [4.78, 5) is 21.7. The van der Waals surface area contributed by atoms with Gasteiger partial charge >= 0.3 is 6.09 Å². The van der Waals surface area contributed by atoms with Gasteiger partial charge in [-0.05, 0) is 19.1 Å². The Balaban J connectivity index is 2.27. The highest BCUT2D eigenvalue weighted by Crippen LogP contribution is 2.23. The lowest BCUT2D eigenvalue weighted by Crippen LogP contribution is -2.20. The maximum atomic E-state index is 11.1. The molecule has 68 valence electrons. The Morgan fingerprint density at radius 1 is 1.38 bits per heavy atom. The molecule has 5 heteroatoms.